The highest BCUT2D eigenvalue weighted by Gasteiger charge is 2.28. The van der Waals surface area contributed by atoms with Crippen LogP contribution in [0.15, 0.2) is 0 Å². The lowest BCUT2D eigenvalue weighted by molar-refractivity contribution is -0.122. The van der Waals surface area contributed by atoms with Crippen molar-refractivity contribution in [1.29, 1.82) is 0 Å². The topological polar surface area (TPSA) is 53.6 Å². The summed E-state index contributed by atoms with van der Waals surface area (Å²) in [6.45, 7) is 10.8. The number of morpholine rings is 1. The Morgan fingerprint density at radius 3 is 2.81 bits per heavy atom. The van der Waals surface area contributed by atoms with Gasteiger partial charge in [0, 0.05) is 31.6 Å². The molecule has 0 saturated carbocycles. The molecule has 2 fully saturated rings. The van der Waals surface area contributed by atoms with Crippen LogP contribution >= 0.6 is 0 Å². The van der Waals surface area contributed by atoms with Gasteiger partial charge in [-0.1, -0.05) is 0 Å². The van der Waals surface area contributed by atoms with Crippen LogP contribution in [0.2, 0.25) is 0 Å². The Balaban J connectivity index is 1.64. The van der Waals surface area contributed by atoms with Gasteiger partial charge in [0.25, 0.3) is 0 Å². The minimum atomic E-state index is 0.00579. The summed E-state index contributed by atoms with van der Waals surface area (Å²) in [7, 11) is 0. The highest BCUT2D eigenvalue weighted by molar-refractivity contribution is 5.75. The van der Waals surface area contributed by atoms with E-state index in [4.69, 9.17) is 4.74 Å². The molecule has 0 aromatic heterocycles. The van der Waals surface area contributed by atoms with E-state index in [1.807, 2.05) is 0 Å². The molecular weight excluding hydrogens is 266 g/mol. The molecule has 2 heterocycles. The smallest absolute Gasteiger partial charge is 0.220 e. The molecule has 0 spiro atoms. The van der Waals surface area contributed by atoms with Gasteiger partial charge in [0.1, 0.15) is 0 Å². The van der Waals surface area contributed by atoms with Crippen LogP contribution < -0.4 is 10.6 Å². The van der Waals surface area contributed by atoms with Crippen molar-refractivity contribution >= 4 is 5.91 Å². The fraction of sp³-hybridized carbons (Fsp3) is 0.938. The van der Waals surface area contributed by atoms with Gasteiger partial charge in [0.2, 0.25) is 5.91 Å². The zero-order chi connectivity index (χ0) is 15.1. The monoisotopic (exact) mass is 297 g/mol. The molecule has 0 bridgehead atoms. The number of carbonyl (C=O) groups is 1. The van der Waals surface area contributed by atoms with Crippen LogP contribution in [0.25, 0.3) is 0 Å². The second-order valence-corrected chi connectivity index (χ2v) is 6.94. The fourth-order valence-corrected chi connectivity index (χ4v) is 3.19. The van der Waals surface area contributed by atoms with Gasteiger partial charge in [-0.15, -0.1) is 0 Å². The van der Waals surface area contributed by atoms with E-state index in [0.717, 1.165) is 52.4 Å². The molecule has 2 aliphatic rings. The number of hydrogen-bond donors (Lipinski definition) is 2. The first kappa shape index (κ1) is 16.7. The van der Waals surface area contributed by atoms with Crippen LogP contribution in [0.3, 0.4) is 0 Å². The summed E-state index contributed by atoms with van der Waals surface area (Å²) in [5, 5.41) is 6.53. The summed E-state index contributed by atoms with van der Waals surface area (Å²) < 4.78 is 5.39. The highest BCUT2D eigenvalue weighted by Crippen LogP contribution is 2.17. The van der Waals surface area contributed by atoms with Crippen LogP contribution in [0.5, 0.6) is 0 Å². The van der Waals surface area contributed by atoms with Crippen LogP contribution in [0.1, 0.15) is 39.5 Å². The fourth-order valence-electron chi connectivity index (χ4n) is 3.19. The summed E-state index contributed by atoms with van der Waals surface area (Å²) in [6, 6.07) is 0. The van der Waals surface area contributed by atoms with Gasteiger partial charge in [-0.25, -0.2) is 0 Å². The second-order valence-electron chi connectivity index (χ2n) is 6.94. The molecule has 1 amide bonds. The average Bonchev–Trinajstić information content (AvgIpc) is 2.53. The molecule has 5 nitrogen and oxygen atoms in total. The summed E-state index contributed by atoms with van der Waals surface area (Å²) in [6.07, 6.45) is 4.18. The third kappa shape index (κ3) is 5.57. The van der Waals surface area contributed by atoms with Crippen molar-refractivity contribution in [2.75, 3.05) is 45.9 Å². The Bertz CT molecular complexity index is 321. The summed E-state index contributed by atoms with van der Waals surface area (Å²) in [5.74, 6) is 0.874. The van der Waals surface area contributed by atoms with Crippen molar-refractivity contribution in [2.45, 2.75) is 45.1 Å². The van der Waals surface area contributed by atoms with E-state index >= 15 is 0 Å². The van der Waals surface area contributed by atoms with Gasteiger partial charge in [-0.3, -0.25) is 9.69 Å². The molecule has 2 rings (SSSR count). The number of piperidine rings is 1. The summed E-state index contributed by atoms with van der Waals surface area (Å²) >= 11 is 0. The van der Waals surface area contributed by atoms with E-state index in [2.05, 4.69) is 29.4 Å². The maximum absolute atomic E-state index is 12.0. The first-order chi connectivity index (χ1) is 10.1. The zero-order valence-electron chi connectivity index (χ0n) is 13.6. The lowest BCUT2D eigenvalue weighted by atomic mass is 9.94. The number of rotatable bonds is 6. The lowest BCUT2D eigenvalue weighted by Crippen LogP contribution is -2.55. The van der Waals surface area contributed by atoms with Gasteiger partial charge >= 0.3 is 0 Å². The number of ether oxygens (including phenoxy) is 1. The van der Waals surface area contributed by atoms with E-state index in [9.17, 15) is 4.79 Å². The zero-order valence-corrected chi connectivity index (χ0v) is 13.6. The minimum absolute atomic E-state index is 0.00579. The van der Waals surface area contributed by atoms with Gasteiger partial charge in [-0.2, -0.15) is 0 Å². The number of nitrogens with one attached hydrogen (secondary N) is 2. The second kappa shape index (κ2) is 8.11. The largest absolute Gasteiger partial charge is 0.379 e. The van der Waals surface area contributed by atoms with Gasteiger partial charge in [0.05, 0.1) is 13.2 Å². The predicted molar refractivity (Wildman–Crippen MR) is 84.3 cm³/mol. The van der Waals surface area contributed by atoms with Crippen LogP contribution in [-0.4, -0.2) is 62.3 Å². The minimum Gasteiger partial charge on any atom is -0.379 e. The maximum atomic E-state index is 12.0. The van der Waals surface area contributed by atoms with E-state index in [-0.39, 0.29) is 11.4 Å². The van der Waals surface area contributed by atoms with Crippen molar-refractivity contribution in [1.82, 2.24) is 15.5 Å². The van der Waals surface area contributed by atoms with Gasteiger partial charge in [-0.05, 0) is 52.1 Å². The molecule has 2 saturated heterocycles. The van der Waals surface area contributed by atoms with Crippen molar-refractivity contribution in [3.63, 3.8) is 0 Å². The molecule has 2 aliphatic heterocycles. The van der Waals surface area contributed by atoms with Crippen molar-refractivity contribution in [2.24, 2.45) is 5.92 Å². The Morgan fingerprint density at radius 2 is 2.14 bits per heavy atom. The Morgan fingerprint density at radius 1 is 1.38 bits per heavy atom. The van der Waals surface area contributed by atoms with E-state index < -0.39 is 0 Å². The summed E-state index contributed by atoms with van der Waals surface area (Å²) in [5.41, 5.74) is 0.00579. The van der Waals surface area contributed by atoms with Gasteiger partial charge < -0.3 is 15.4 Å². The molecule has 0 aromatic carbocycles. The van der Waals surface area contributed by atoms with E-state index in [0.29, 0.717) is 12.3 Å². The third-order valence-corrected chi connectivity index (χ3v) is 4.76. The molecule has 2 N–H and O–H groups in total. The Labute approximate surface area is 128 Å². The molecule has 122 valence electrons. The van der Waals surface area contributed by atoms with E-state index in [1.165, 1.54) is 12.8 Å². The first-order valence-electron chi connectivity index (χ1n) is 8.38. The number of nitrogens with zero attached hydrogens (tertiary/aromatic N) is 1. The highest BCUT2D eigenvalue weighted by atomic mass is 16.5. The van der Waals surface area contributed by atoms with Crippen LogP contribution in [-0.2, 0) is 9.53 Å². The molecule has 0 aliphatic carbocycles. The quantitative estimate of drug-likeness (QED) is 0.768. The number of hydrogen-bond acceptors (Lipinski definition) is 4. The standard InChI is InChI=1S/C16H31N3O2/c1-16(2,19-8-10-21-11-9-19)13-18-15(20)6-5-14-4-3-7-17-12-14/h14,17H,3-13H2,1-2H3,(H,18,20). The normalized spacial score (nSPS) is 24.8. The molecule has 1 atom stereocenters. The van der Waals surface area contributed by atoms with Crippen LogP contribution in [0, 0.1) is 5.92 Å². The van der Waals surface area contributed by atoms with Gasteiger partial charge in [0.15, 0.2) is 0 Å². The number of amides is 1. The molecule has 21 heavy (non-hydrogen) atoms. The maximum Gasteiger partial charge on any atom is 0.220 e. The Kier molecular flexibility index (Phi) is 6.45. The van der Waals surface area contributed by atoms with E-state index in [1.54, 1.807) is 0 Å². The lowest BCUT2D eigenvalue weighted by Gasteiger charge is -2.40. The third-order valence-electron chi connectivity index (χ3n) is 4.76. The first-order valence-corrected chi connectivity index (χ1v) is 8.38. The molecule has 0 radical (unpaired) electrons. The average molecular weight is 297 g/mol. The molecule has 5 heteroatoms. The SMILES string of the molecule is CC(C)(CNC(=O)CCC1CCCNC1)N1CCOCC1. The van der Waals surface area contributed by atoms with Crippen molar-refractivity contribution in [3.8, 4) is 0 Å². The molecule has 1 unspecified atom stereocenters. The number of carbonyl (C=O) groups excluding carboxylic acids is 1. The molecular formula is C16H31N3O2. The van der Waals surface area contributed by atoms with Crippen LogP contribution in [0.4, 0.5) is 0 Å². The summed E-state index contributed by atoms with van der Waals surface area (Å²) in [4.78, 5) is 14.4. The van der Waals surface area contributed by atoms with Crippen molar-refractivity contribution < 1.29 is 9.53 Å². The Hall–Kier alpha value is -0.650. The van der Waals surface area contributed by atoms with Crippen molar-refractivity contribution in [3.05, 3.63) is 0 Å². The predicted octanol–water partition coefficient (Wildman–Crippen LogP) is 0.993. The molecule has 0 aromatic rings.